The summed E-state index contributed by atoms with van der Waals surface area (Å²) in [7, 11) is 1.50. The van der Waals surface area contributed by atoms with E-state index in [2.05, 4.69) is 13.8 Å². The minimum atomic E-state index is -5.05. The summed E-state index contributed by atoms with van der Waals surface area (Å²) < 4.78 is 92.7. The van der Waals surface area contributed by atoms with Gasteiger partial charge in [0, 0.05) is 24.7 Å². The smallest absolute Gasteiger partial charge is 0.416 e. The van der Waals surface area contributed by atoms with Crippen molar-refractivity contribution in [2.75, 3.05) is 25.1 Å². The van der Waals surface area contributed by atoms with Crippen LogP contribution >= 0.6 is 0 Å². The van der Waals surface area contributed by atoms with Crippen LogP contribution in [0, 0.1) is 5.41 Å². The fraction of sp³-hybridized carbons (Fsp3) is 0.529. The van der Waals surface area contributed by atoms with Gasteiger partial charge in [-0.25, -0.2) is 4.79 Å². The Morgan fingerprint density at radius 2 is 1.66 bits per heavy atom. The number of carbonyl (C=O) groups excluding carboxylic acids is 2. The van der Waals surface area contributed by atoms with Crippen LogP contribution in [0.25, 0.3) is 5.57 Å². The lowest BCUT2D eigenvalue weighted by atomic mass is 9.72. The third-order valence-electron chi connectivity index (χ3n) is 8.61. The molecule has 0 saturated carbocycles. The molecule has 1 fully saturated rings. The van der Waals surface area contributed by atoms with Gasteiger partial charge in [-0.3, -0.25) is 9.69 Å². The zero-order valence-electron chi connectivity index (χ0n) is 27.4. The van der Waals surface area contributed by atoms with Gasteiger partial charge in [0.25, 0.3) is 0 Å². The van der Waals surface area contributed by atoms with Gasteiger partial charge in [-0.1, -0.05) is 13.8 Å². The highest BCUT2D eigenvalue weighted by molar-refractivity contribution is 5.93. The van der Waals surface area contributed by atoms with Crippen molar-refractivity contribution in [3.63, 3.8) is 0 Å². The minimum Gasteiger partial charge on any atom is -0.496 e. The number of alkyl halides is 6. The number of allylic oxidation sites excluding steroid dienone is 1. The van der Waals surface area contributed by atoms with E-state index >= 15 is 0 Å². The van der Waals surface area contributed by atoms with E-state index < -0.39 is 52.9 Å². The Labute approximate surface area is 270 Å². The van der Waals surface area contributed by atoms with Gasteiger partial charge in [-0.2, -0.15) is 26.3 Å². The predicted molar refractivity (Wildman–Crippen MR) is 164 cm³/mol. The zero-order chi connectivity index (χ0) is 35.3. The molecule has 0 bridgehead atoms. The number of aliphatic hydroxyl groups is 1. The summed E-state index contributed by atoms with van der Waals surface area (Å²) >= 11 is 0. The normalized spacial score (nSPS) is 20.4. The maximum Gasteiger partial charge on any atom is 0.416 e. The molecule has 13 heteroatoms. The molecule has 47 heavy (non-hydrogen) atoms. The van der Waals surface area contributed by atoms with Gasteiger partial charge in [0.05, 0.1) is 36.4 Å². The lowest BCUT2D eigenvalue weighted by molar-refractivity contribution is -0.143. The second-order valence-electron chi connectivity index (χ2n) is 13.7. The van der Waals surface area contributed by atoms with Crippen molar-refractivity contribution < 1.29 is 50.5 Å². The summed E-state index contributed by atoms with van der Waals surface area (Å²) in [6, 6.07) is 5.52. The number of halogens is 6. The van der Waals surface area contributed by atoms with Crippen molar-refractivity contribution in [2.24, 2.45) is 5.41 Å². The van der Waals surface area contributed by atoms with Crippen molar-refractivity contribution >= 4 is 23.3 Å². The fourth-order valence-electron chi connectivity index (χ4n) is 6.27. The number of nitrogens with zero attached hydrogens (tertiary/aromatic N) is 2. The minimum absolute atomic E-state index is 0.00777. The highest BCUT2D eigenvalue weighted by atomic mass is 19.4. The molecule has 1 N–H and O–H groups in total. The summed E-state index contributed by atoms with van der Waals surface area (Å²) in [6.07, 6.45) is -10.5. The number of carbonyl (C=O) groups is 2. The lowest BCUT2D eigenvalue weighted by Gasteiger charge is -2.36. The second kappa shape index (κ2) is 12.7. The Hall–Kier alpha value is -3.74. The first kappa shape index (κ1) is 36.1. The predicted octanol–water partition coefficient (Wildman–Crippen LogP) is 8.40. The van der Waals surface area contributed by atoms with Crippen LogP contribution in [0.15, 0.2) is 42.0 Å². The third-order valence-corrected chi connectivity index (χ3v) is 8.61. The first-order valence-electron chi connectivity index (χ1n) is 15.2. The van der Waals surface area contributed by atoms with E-state index in [1.54, 1.807) is 32.0 Å². The molecule has 2 aliphatic rings. The molecule has 0 aromatic heterocycles. The maximum absolute atomic E-state index is 13.6. The SMILES string of the molecule is COc1ccc(N(CC(C)(C)O)C(C)=O)cc1C1=C(CN2C(=O)O[C@H](c3cc(C(F)(F)F)cc(C(F)(F)F)c3)[C@@H]2C)CC(C)(C)CC1. The number of amides is 2. The summed E-state index contributed by atoms with van der Waals surface area (Å²) in [5.41, 5.74) is -1.90. The van der Waals surface area contributed by atoms with E-state index in [0.717, 1.165) is 17.6 Å². The molecule has 1 aliphatic carbocycles. The number of hydrogen-bond acceptors (Lipinski definition) is 5. The molecular formula is C34H40F6N2O5. The van der Waals surface area contributed by atoms with E-state index in [1.165, 1.54) is 30.8 Å². The van der Waals surface area contributed by atoms with Crippen molar-refractivity contribution in [1.82, 2.24) is 4.90 Å². The second-order valence-corrected chi connectivity index (χ2v) is 13.7. The van der Waals surface area contributed by atoms with Crippen LogP contribution in [-0.4, -0.2) is 53.8 Å². The van der Waals surface area contributed by atoms with Crippen molar-refractivity contribution in [1.29, 1.82) is 0 Å². The largest absolute Gasteiger partial charge is 0.496 e. The zero-order valence-corrected chi connectivity index (χ0v) is 27.4. The number of methoxy groups -OCH3 is 1. The van der Waals surface area contributed by atoms with Gasteiger partial charge < -0.3 is 19.5 Å². The first-order valence-corrected chi connectivity index (χ1v) is 15.2. The molecule has 0 unspecified atom stereocenters. The molecule has 0 radical (unpaired) electrons. The molecule has 1 aliphatic heterocycles. The standard InChI is InChI=1S/C34H40F6N2O5/c1-19-29(21-12-23(33(35,36)37)14-24(13-21)34(38,39)40)47-30(44)41(19)17-22-16-31(3,4)11-10-26(22)27-15-25(8-9-28(27)46-7)42(20(2)43)18-32(5,6)45/h8-9,12-15,19,29,45H,10-11,16-18H2,1-7H3/t19-,29-/m0/s1. The van der Waals surface area contributed by atoms with Gasteiger partial charge in [0.1, 0.15) is 11.9 Å². The van der Waals surface area contributed by atoms with Crippen LogP contribution in [-0.2, 0) is 21.9 Å². The van der Waals surface area contributed by atoms with Gasteiger partial charge >= 0.3 is 18.4 Å². The van der Waals surface area contributed by atoms with Crippen LogP contribution in [0.3, 0.4) is 0 Å². The highest BCUT2D eigenvalue weighted by Crippen LogP contribution is 2.47. The molecule has 258 valence electrons. The van der Waals surface area contributed by atoms with Crippen LogP contribution in [0.5, 0.6) is 5.75 Å². The summed E-state index contributed by atoms with van der Waals surface area (Å²) in [4.78, 5) is 28.6. The summed E-state index contributed by atoms with van der Waals surface area (Å²) in [5, 5.41) is 10.5. The molecule has 2 aromatic rings. The number of ether oxygens (including phenoxy) is 2. The molecule has 1 heterocycles. The van der Waals surface area contributed by atoms with Crippen molar-refractivity contribution in [3.8, 4) is 5.75 Å². The first-order chi connectivity index (χ1) is 21.5. The maximum atomic E-state index is 13.6. The lowest BCUT2D eigenvalue weighted by Crippen LogP contribution is -2.41. The average molecular weight is 671 g/mol. The molecular weight excluding hydrogens is 630 g/mol. The van der Waals surface area contributed by atoms with Crippen LogP contribution in [0.2, 0.25) is 0 Å². The molecule has 2 atom stereocenters. The molecule has 2 amide bonds. The molecule has 4 rings (SSSR count). The van der Waals surface area contributed by atoms with E-state index in [1.807, 2.05) is 0 Å². The van der Waals surface area contributed by atoms with E-state index in [-0.39, 0.29) is 30.5 Å². The van der Waals surface area contributed by atoms with Gasteiger partial charge in [-0.15, -0.1) is 0 Å². The van der Waals surface area contributed by atoms with Crippen molar-refractivity contribution in [3.05, 3.63) is 64.2 Å². The van der Waals surface area contributed by atoms with Crippen LogP contribution in [0.4, 0.5) is 36.8 Å². The Balaban J connectivity index is 1.77. The number of benzene rings is 2. The fourth-order valence-corrected chi connectivity index (χ4v) is 6.27. The number of anilines is 1. The summed E-state index contributed by atoms with van der Waals surface area (Å²) in [6.45, 7) is 10.3. The Kier molecular flexibility index (Phi) is 9.76. The molecule has 7 nitrogen and oxygen atoms in total. The average Bonchev–Trinajstić information content (AvgIpc) is 3.22. The van der Waals surface area contributed by atoms with Gasteiger partial charge in [0.15, 0.2) is 0 Å². The van der Waals surface area contributed by atoms with E-state index in [9.17, 15) is 41.0 Å². The number of cyclic esters (lactones) is 1. The van der Waals surface area contributed by atoms with Crippen LogP contribution in [0.1, 0.15) is 89.2 Å². The van der Waals surface area contributed by atoms with E-state index in [0.29, 0.717) is 42.0 Å². The molecule has 1 saturated heterocycles. The Bertz CT molecular complexity index is 1530. The summed E-state index contributed by atoms with van der Waals surface area (Å²) in [5.74, 6) is 0.219. The third kappa shape index (κ3) is 8.22. The van der Waals surface area contributed by atoms with Crippen molar-refractivity contribution in [2.45, 2.75) is 90.9 Å². The molecule has 2 aromatic carbocycles. The Morgan fingerprint density at radius 1 is 1.06 bits per heavy atom. The van der Waals surface area contributed by atoms with Gasteiger partial charge in [0.2, 0.25) is 5.91 Å². The monoisotopic (exact) mass is 670 g/mol. The topological polar surface area (TPSA) is 79.3 Å². The number of hydrogen-bond donors (Lipinski definition) is 1. The number of rotatable bonds is 8. The molecule has 0 spiro atoms. The highest BCUT2D eigenvalue weighted by Gasteiger charge is 2.44. The van der Waals surface area contributed by atoms with E-state index in [4.69, 9.17) is 9.47 Å². The van der Waals surface area contributed by atoms with Gasteiger partial charge in [-0.05, 0) is 98.6 Å². The van der Waals surface area contributed by atoms with Crippen LogP contribution < -0.4 is 9.64 Å². The Morgan fingerprint density at radius 3 is 2.17 bits per heavy atom. The quantitative estimate of drug-likeness (QED) is 0.286.